The van der Waals surface area contributed by atoms with E-state index in [4.69, 9.17) is 5.73 Å². The van der Waals surface area contributed by atoms with E-state index < -0.39 is 0 Å². The van der Waals surface area contributed by atoms with Crippen molar-refractivity contribution in [2.45, 2.75) is 0 Å². The van der Waals surface area contributed by atoms with Gasteiger partial charge in [-0.2, -0.15) is 0 Å². The van der Waals surface area contributed by atoms with E-state index in [0.717, 1.165) is 0 Å². The number of anilines is 1. The lowest BCUT2D eigenvalue weighted by Crippen LogP contribution is -2.13. The molecule has 0 radical (unpaired) electrons. The van der Waals surface area contributed by atoms with Gasteiger partial charge in [0.05, 0.1) is 17.8 Å². The van der Waals surface area contributed by atoms with Gasteiger partial charge in [-0.1, -0.05) is 36.1 Å². The molecule has 4 nitrogen and oxygen atoms in total. The van der Waals surface area contributed by atoms with Crippen molar-refractivity contribution in [1.29, 1.82) is 0 Å². The van der Waals surface area contributed by atoms with Gasteiger partial charge in [0.1, 0.15) is 5.75 Å². The van der Waals surface area contributed by atoms with Gasteiger partial charge in [-0.3, -0.25) is 4.79 Å². The molecule has 1 amide bonds. The molecule has 0 unspecified atom stereocenters. The molecule has 2 aromatic rings. The zero-order chi connectivity index (χ0) is 14.4. The Hall–Kier alpha value is -2.77. The van der Waals surface area contributed by atoms with Crippen LogP contribution in [0.3, 0.4) is 0 Å². The molecule has 20 heavy (non-hydrogen) atoms. The van der Waals surface area contributed by atoms with Crippen LogP contribution in [0.1, 0.15) is 15.9 Å². The van der Waals surface area contributed by atoms with Gasteiger partial charge >= 0.3 is 0 Å². The molecule has 2 aromatic carbocycles. The predicted octanol–water partition coefficient (Wildman–Crippen LogP) is 1.95. The average molecular weight is 266 g/mol. The van der Waals surface area contributed by atoms with Crippen LogP contribution in [0.25, 0.3) is 0 Å². The summed E-state index contributed by atoms with van der Waals surface area (Å²) in [6.07, 6.45) is 0. The highest BCUT2D eigenvalue weighted by atomic mass is 16.3. The van der Waals surface area contributed by atoms with Gasteiger partial charge in [0, 0.05) is 5.56 Å². The Kier molecular flexibility index (Phi) is 4.38. The van der Waals surface area contributed by atoms with Gasteiger partial charge in [0.2, 0.25) is 0 Å². The van der Waals surface area contributed by atoms with E-state index in [1.54, 1.807) is 36.4 Å². The number of nitrogens with one attached hydrogen (secondary N) is 1. The lowest BCUT2D eigenvalue weighted by molar-refractivity contribution is 0.102. The summed E-state index contributed by atoms with van der Waals surface area (Å²) in [6.45, 7) is 0.252. The Morgan fingerprint density at radius 3 is 2.60 bits per heavy atom. The lowest BCUT2D eigenvalue weighted by atomic mass is 10.1. The van der Waals surface area contributed by atoms with Gasteiger partial charge < -0.3 is 16.2 Å². The van der Waals surface area contributed by atoms with E-state index in [1.807, 2.05) is 6.07 Å². The number of para-hydroxylation sites is 2. The third-order valence-electron chi connectivity index (χ3n) is 2.65. The van der Waals surface area contributed by atoms with Gasteiger partial charge in [-0.25, -0.2) is 0 Å². The first-order chi connectivity index (χ1) is 9.72. The standard InChI is InChI=1S/C16H14N2O2/c17-11-5-7-12-6-1-3-9-14(12)18-16(20)13-8-2-4-10-15(13)19/h1-4,6,8-10,19H,11,17H2,(H,18,20). The third-order valence-corrected chi connectivity index (χ3v) is 2.65. The second kappa shape index (κ2) is 6.41. The molecule has 4 N–H and O–H groups in total. The monoisotopic (exact) mass is 266 g/mol. The smallest absolute Gasteiger partial charge is 0.259 e. The van der Waals surface area contributed by atoms with E-state index in [-0.39, 0.29) is 23.8 Å². The molecule has 2 rings (SSSR count). The van der Waals surface area contributed by atoms with Crippen LogP contribution in [-0.2, 0) is 0 Å². The number of carbonyl (C=O) groups is 1. The highest BCUT2D eigenvalue weighted by molar-refractivity contribution is 6.06. The summed E-state index contributed by atoms with van der Waals surface area (Å²) in [5.74, 6) is 5.19. The Morgan fingerprint density at radius 1 is 1.15 bits per heavy atom. The summed E-state index contributed by atoms with van der Waals surface area (Å²) in [5, 5.41) is 12.4. The average Bonchev–Trinajstić information content (AvgIpc) is 2.46. The van der Waals surface area contributed by atoms with Crippen LogP contribution in [-0.4, -0.2) is 17.6 Å². The maximum atomic E-state index is 12.1. The Morgan fingerprint density at radius 2 is 1.85 bits per heavy atom. The molecule has 0 aliphatic carbocycles. The fraction of sp³-hybridized carbons (Fsp3) is 0.0625. The van der Waals surface area contributed by atoms with Crippen LogP contribution in [0.2, 0.25) is 0 Å². The van der Waals surface area contributed by atoms with Gasteiger partial charge in [0.15, 0.2) is 0 Å². The first kappa shape index (κ1) is 13.7. The molecule has 0 fully saturated rings. The number of rotatable bonds is 2. The molecule has 0 spiro atoms. The van der Waals surface area contributed by atoms with Crippen LogP contribution in [0.5, 0.6) is 5.75 Å². The second-order valence-corrected chi connectivity index (χ2v) is 4.02. The molecular formula is C16H14N2O2. The quantitative estimate of drug-likeness (QED) is 0.727. The lowest BCUT2D eigenvalue weighted by Gasteiger charge is -2.08. The number of phenols is 1. The maximum absolute atomic E-state index is 12.1. The van der Waals surface area contributed by atoms with E-state index in [9.17, 15) is 9.90 Å². The van der Waals surface area contributed by atoms with Crippen molar-refractivity contribution in [2.24, 2.45) is 5.73 Å². The first-order valence-corrected chi connectivity index (χ1v) is 6.09. The van der Waals surface area contributed by atoms with E-state index >= 15 is 0 Å². The van der Waals surface area contributed by atoms with Gasteiger partial charge in [0.25, 0.3) is 5.91 Å². The zero-order valence-corrected chi connectivity index (χ0v) is 10.8. The van der Waals surface area contributed by atoms with Crippen LogP contribution in [0.15, 0.2) is 48.5 Å². The minimum absolute atomic E-state index is 0.0597. The second-order valence-electron chi connectivity index (χ2n) is 4.02. The summed E-state index contributed by atoms with van der Waals surface area (Å²) >= 11 is 0. The van der Waals surface area contributed by atoms with Crippen molar-refractivity contribution < 1.29 is 9.90 Å². The third kappa shape index (κ3) is 3.16. The number of hydrogen-bond donors (Lipinski definition) is 3. The summed E-state index contributed by atoms with van der Waals surface area (Å²) < 4.78 is 0. The van der Waals surface area contributed by atoms with Gasteiger partial charge in [-0.05, 0) is 24.3 Å². The molecule has 0 bridgehead atoms. The van der Waals surface area contributed by atoms with Crippen molar-refractivity contribution in [3.05, 3.63) is 59.7 Å². The van der Waals surface area contributed by atoms with E-state index in [2.05, 4.69) is 17.2 Å². The number of aromatic hydroxyl groups is 1. The summed E-state index contributed by atoms with van der Waals surface area (Å²) in [6, 6.07) is 13.5. The highest BCUT2D eigenvalue weighted by Gasteiger charge is 2.11. The molecule has 4 heteroatoms. The maximum Gasteiger partial charge on any atom is 0.259 e. The molecule has 0 aliphatic heterocycles. The van der Waals surface area contributed by atoms with Crippen molar-refractivity contribution >= 4 is 11.6 Å². The Labute approximate surface area is 117 Å². The molecule has 0 atom stereocenters. The fourth-order valence-electron chi connectivity index (χ4n) is 1.70. The summed E-state index contributed by atoms with van der Waals surface area (Å²) in [7, 11) is 0. The number of hydrogen-bond acceptors (Lipinski definition) is 3. The SMILES string of the molecule is NCC#Cc1ccccc1NC(=O)c1ccccc1O. The molecule has 0 aliphatic rings. The van der Waals surface area contributed by atoms with Gasteiger partial charge in [-0.15, -0.1) is 0 Å². The largest absolute Gasteiger partial charge is 0.507 e. The zero-order valence-electron chi connectivity index (χ0n) is 10.8. The molecule has 0 saturated heterocycles. The Bertz CT molecular complexity index is 684. The minimum Gasteiger partial charge on any atom is -0.507 e. The van der Waals surface area contributed by atoms with E-state index in [0.29, 0.717) is 11.3 Å². The number of nitrogens with two attached hydrogens (primary N) is 1. The minimum atomic E-state index is -0.384. The number of amides is 1. The molecule has 0 heterocycles. The van der Waals surface area contributed by atoms with E-state index in [1.165, 1.54) is 6.07 Å². The van der Waals surface area contributed by atoms with Crippen LogP contribution < -0.4 is 11.1 Å². The molecular weight excluding hydrogens is 252 g/mol. The highest BCUT2D eigenvalue weighted by Crippen LogP contribution is 2.19. The molecule has 100 valence electrons. The Balaban J connectivity index is 2.27. The van der Waals surface area contributed by atoms with Crippen LogP contribution in [0.4, 0.5) is 5.69 Å². The number of carbonyl (C=O) groups excluding carboxylic acids is 1. The van der Waals surface area contributed by atoms with Crippen LogP contribution in [0, 0.1) is 11.8 Å². The number of benzene rings is 2. The van der Waals surface area contributed by atoms with Crippen molar-refractivity contribution in [2.75, 3.05) is 11.9 Å². The van der Waals surface area contributed by atoms with Crippen LogP contribution >= 0.6 is 0 Å². The molecule has 0 saturated carbocycles. The van der Waals surface area contributed by atoms with Crippen molar-refractivity contribution in [3.63, 3.8) is 0 Å². The summed E-state index contributed by atoms with van der Waals surface area (Å²) in [4.78, 5) is 12.1. The van der Waals surface area contributed by atoms with Crippen molar-refractivity contribution in [3.8, 4) is 17.6 Å². The normalized spacial score (nSPS) is 9.45. The molecule has 0 aromatic heterocycles. The van der Waals surface area contributed by atoms with Crippen molar-refractivity contribution in [1.82, 2.24) is 0 Å². The predicted molar refractivity (Wildman–Crippen MR) is 78.4 cm³/mol. The topological polar surface area (TPSA) is 75.3 Å². The first-order valence-electron chi connectivity index (χ1n) is 6.09. The summed E-state index contributed by atoms with van der Waals surface area (Å²) in [5.41, 5.74) is 6.83. The fourth-order valence-corrected chi connectivity index (χ4v) is 1.70. The number of phenolic OH excluding ortho intramolecular Hbond substituents is 1.